The molecule has 1 aromatic heterocycles. The van der Waals surface area contributed by atoms with Crippen molar-refractivity contribution in [2.24, 2.45) is 0 Å². The Bertz CT molecular complexity index is 991. The van der Waals surface area contributed by atoms with Gasteiger partial charge < -0.3 is 15.4 Å². The van der Waals surface area contributed by atoms with E-state index in [-0.39, 0.29) is 11.7 Å². The van der Waals surface area contributed by atoms with Gasteiger partial charge in [-0.3, -0.25) is 9.59 Å². The molecule has 0 saturated heterocycles. The lowest BCUT2D eigenvalue weighted by Gasteiger charge is -2.13. The lowest BCUT2D eigenvalue weighted by atomic mass is 10.1. The van der Waals surface area contributed by atoms with Crippen LogP contribution in [0.2, 0.25) is 0 Å². The number of benzene rings is 2. The molecule has 2 N–H and O–H groups in total. The molecule has 28 heavy (non-hydrogen) atoms. The van der Waals surface area contributed by atoms with Crippen molar-refractivity contribution < 1.29 is 23.1 Å². The van der Waals surface area contributed by atoms with Crippen LogP contribution in [-0.2, 0) is 0 Å². The molecule has 0 unspecified atom stereocenters. The predicted molar refractivity (Wildman–Crippen MR) is 104 cm³/mol. The Balaban J connectivity index is 1.74. The van der Waals surface area contributed by atoms with E-state index in [4.69, 9.17) is 0 Å². The number of alkyl halides is 2. The lowest BCUT2D eigenvalue weighted by Crippen LogP contribution is -2.15. The van der Waals surface area contributed by atoms with Gasteiger partial charge in [-0.2, -0.15) is 8.78 Å². The Morgan fingerprint density at radius 2 is 1.79 bits per heavy atom. The highest BCUT2D eigenvalue weighted by atomic mass is 32.1. The smallest absolute Gasteiger partial charge is 0.387 e. The van der Waals surface area contributed by atoms with E-state index in [0.29, 0.717) is 27.4 Å². The first kappa shape index (κ1) is 19.5. The summed E-state index contributed by atoms with van der Waals surface area (Å²) < 4.78 is 29.4. The Labute approximate surface area is 164 Å². The zero-order chi connectivity index (χ0) is 20.1. The van der Waals surface area contributed by atoms with Gasteiger partial charge in [0.05, 0.1) is 4.88 Å². The minimum Gasteiger partial charge on any atom is -0.434 e. The molecule has 0 aliphatic carbocycles. The quantitative estimate of drug-likeness (QED) is 0.598. The van der Waals surface area contributed by atoms with Gasteiger partial charge >= 0.3 is 6.61 Å². The second kappa shape index (κ2) is 8.62. The van der Waals surface area contributed by atoms with Crippen molar-refractivity contribution in [2.45, 2.75) is 13.5 Å². The molecule has 0 spiro atoms. The molecule has 0 bridgehead atoms. The van der Waals surface area contributed by atoms with Gasteiger partial charge in [-0.05, 0) is 48.7 Å². The summed E-state index contributed by atoms with van der Waals surface area (Å²) in [6.45, 7) is -1.38. The molecule has 1 heterocycles. The summed E-state index contributed by atoms with van der Waals surface area (Å²) in [7, 11) is 0. The second-order valence-corrected chi connectivity index (χ2v) is 6.72. The van der Waals surface area contributed by atoms with Crippen molar-refractivity contribution in [1.82, 2.24) is 0 Å². The van der Waals surface area contributed by atoms with Crippen LogP contribution in [0.15, 0.2) is 60.0 Å². The van der Waals surface area contributed by atoms with Crippen LogP contribution in [0.5, 0.6) is 5.75 Å². The van der Waals surface area contributed by atoms with E-state index in [1.165, 1.54) is 29.5 Å². The average molecular weight is 402 g/mol. The second-order valence-electron chi connectivity index (χ2n) is 5.77. The van der Waals surface area contributed by atoms with Crippen molar-refractivity contribution in [3.63, 3.8) is 0 Å². The maximum absolute atomic E-state index is 12.6. The standard InChI is InChI=1S/C20H16F2N2O3S/c1-12-15(7-3-8-16(12)27-20(21)22)24-18(25)13-5-2-6-14(11-13)23-19(26)17-9-4-10-28-17/h2-11,20H,1H3,(H,23,26)(H,24,25). The number of carbonyl (C=O) groups is 2. The lowest BCUT2D eigenvalue weighted by molar-refractivity contribution is -0.0502. The highest BCUT2D eigenvalue weighted by Crippen LogP contribution is 2.27. The number of carbonyl (C=O) groups excluding carboxylic acids is 2. The summed E-state index contributed by atoms with van der Waals surface area (Å²) in [5, 5.41) is 7.21. The summed E-state index contributed by atoms with van der Waals surface area (Å²) >= 11 is 1.31. The average Bonchev–Trinajstić information content (AvgIpc) is 3.20. The summed E-state index contributed by atoms with van der Waals surface area (Å²) in [5.41, 5.74) is 1.52. The fraction of sp³-hybridized carbons (Fsp3) is 0.100. The van der Waals surface area contributed by atoms with Gasteiger partial charge in [0.15, 0.2) is 0 Å². The van der Waals surface area contributed by atoms with E-state index in [2.05, 4.69) is 15.4 Å². The highest BCUT2D eigenvalue weighted by Gasteiger charge is 2.14. The molecule has 0 radical (unpaired) electrons. The Morgan fingerprint density at radius 1 is 1.00 bits per heavy atom. The molecule has 2 amide bonds. The van der Waals surface area contributed by atoms with Gasteiger partial charge in [-0.25, -0.2) is 0 Å². The minimum atomic E-state index is -2.95. The molecule has 0 atom stereocenters. The number of hydrogen-bond donors (Lipinski definition) is 2. The van der Waals surface area contributed by atoms with E-state index < -0.39 is 12.5 Å². The van der Waals surface area contributed by atoms with E-state index in [0.717, 1.165) is 0 Å². The molecule has 144 valence electrons. The van der Waals surface area contributed by atoms with Crippen molar-refractivity contribution in [3.05, 3.63) is 76.0 Å². The van der Waals surface area contributed by atoms with Crippen molar-refractivity contribution >= 4 is 34.5 Å². The SMILES string of the molecule is Cc1c(NC(=O)c2cccc(NC(=O)c3cccs3)c2)cccc1OC(F)F. The number of rotatable bonds is 6. The monoisotopic (exact) mass is 402 g/mol. The molecule has 3 aromatic rings. The molecule has 2 aromatic carbocycles. The van der Waals surface area contributed by atoms with Crippen molar-refractivity contribution in [1.29, 1.82) is 0 Å². The van der Waals surface area contributed by atoms with E-state index >= 15 is 0 Å². The molecular formula is C20H16F2N2O3S. The molecule has 0 aliphatic rings. The predicted octanol–water partition coefficient (Wildman–Crippen LogP) is 5.16. The fourth-order valence-electron chi connectivity index (χ4n) is 2.51. The van der Waals surface area contributed by atoms with Crippen LogP contribution in [0.4, 0.5) is 20.2 Å². The number of ether oxygens (including phenoxy) is 1. The van der Waals surface area contributed by atoms with E-state index in [1.54, 1.807) is 48.7 Å². The van der Waals surface area contributed by atoms with E-state index in [9.17, 15) is 18.4 Å². The van der Waals surface area contributed by atoms with Crippen LogP contribution >= 0.6 is 11.3 Å². The molecule has 3 rings (SSSR count). The number of amides is 2. The molecule has 0 fully saturated rings. The first-order valence-corrected chi connectivity index (χ1v) is 9.12. The number of anilines is 2. The van der Waals surface area contributed by atoms with Gasteiger partial charge in [0, 0.05) is 22.5 Å². The summed E-state index contributed by atoms with van der Waals surface area (Å²) in [6, 6.07) is 14.4. The largest absolute Gasteiger partial charge is 0.434 e. The zero-order valence-corrected chi connectivity index (χ0v) is 15.6. The third-order valence-corrected chi connectivity index (χ3v) is 4.74. The number of thiophene rings is 1. The maximum atomic E-state index is 12.6. The summed E-state index contributed by atoms with van der Waals surface area (Å²) in [6.07, 6.45) is 0. The number of halogens is 2. The number of nitrogens with one attached hydrogen (secondary N) is 2. The molecule has 5 nitrogen and oxygen atoms in total. The summed E-state index contributed by atoms with van der Waals surface area (Å²) in [4.78, 5) is 25.3. The van der Waals surface area contributed by atoms with Gasteiger partial charge in [-0.15, -0.1) is 11.3 Å². The van der Waals surface area contributed by atoms with Crippen LogP contribution in [-0.4, -0.2) is 18.4 Å². The van der Waals surface area contributed by atoms with Crippen molar-refractivity contribution in [3.8, 4) is 5.75 Å². The molecule has 8 heteroatoms. The van der Waals surface area contributed by atoms with Crippen LogP contribution in [0.3, 0.4) is 0 Å². The minimum absolute atomic E-state index is 0.00948. The van der Waals surface area contributed by atoms with Gasteiger partial charge in [0.2, 0.25) is 0 Å². The topological polar surface area (TPSA) is 67.4 Å². The Morgan fingerprint density at radius 3 is 2.50 bits per heavy atom. The fourth-order valence-corrected chi connectivity index (χ4v) is 3.13. The number of hydrogen-bond acceptors (Lipinski definition) is 4. The molecule has 0 saturated carbocycles. The maximum Gasteiger partial charge on any atom is 0.387 e. The Hall–Kier alpha value is -3.26. The van der Waals surface area contributed by atoms with Crippen LogP contribution in [0.25, 0.3) is 0 Å². The van der Waals surface area contributed by atoms with Crippen LogP contribution in [0, 0.1) is 6.92 Å². The van der Waals surface area contributed by atoms with Crippen molar-refractivity contribution in [2.75, 3.05) is 10.6 Å². The molecule has 0 aliphatic heterocycles. The summed E-state index contributed by atoms with van der Waals surface area (Å²) in [5.74, 6) is -0.713. The normalized spacial score (nSPS) is 10.6. The zero-order valence-electron chi connectivity index (χ0n) is 14.7. The third-order valence-electron chi connectivity index (χ3n) is 3.88. The van der Waals surface area contributed by atoms with Gasteiger partial charge in [-0.1, -0.05) is 18.2 Å². The van der Waals surface area contributed by atoms with Gasteiger partial charge in [0.1, 0.15) is 5.75 Å². The van der Waals surface area contributed by atoms with E-state index in [1.807, 2.05) is 0 Å². The Kier molecular flexibility index (Phi) is 6.00. The van der Waals surface area contributed by atoms with Crippen LogP contribution < -0.4 is 15.4 Å². The first-order valence-electron chi connectivity index (χ1n) is 8.25. The third kappa shape index (κ3) is 4.72. The van der Waals surface area contributed by atoms with Crippen LogP contribution in [0.1, 0.15) is 25.6 Å². The molecular weight excluding hydrogens is 386 g/mol. The van der Waals surface area contributed by atoms with Gasteiger partial charge in [0.25, 0.3) is 11.8 Å². The first-order chi connectivity index (χ1) is 13.4. The highest BCUT2D eigenvalue weighted by molar-refractivity contribution is 7.12.